The van der Waals surface area contributed by atoms with E-state index in [2.05, 4.69) is 64.1 Å². The molecule has 0 N–H and O–H groups in total. The van der Waals surface area contributed by atoms with Gasteiger partial charge in [-0.05, 0) is 80.3 Å². The van der Waals surface area contributed by atoms with Gasteiger partial charge in [-0.3, -0.25) is 0 Å². The molecule has 1 fully saturated rings. The van der Waals surface area contributed by atoms with E-state index in [1.165, 1.54) is 10.6 Å². The molecule has 0 bridgehead atoms. The first-order chi connectivity index (χ1) is 16.8. The number of hydrogen-bond acceptors (Lipinski definition) is 2. The summed E-state index contributed by atoms with van der Waals surface area (Å²) in [6.45, 7) is 8.23. The van der Waals surface area contributed by atoms with Crippen LogP contribution in [-0.2, 0) is 9.31 Å². The van der Waals surface area contributed by atoms with Crippen molar-refractivity contribution < 1.29 is 13.7 Å². The summed E-state index contributed by atoms with van der Waals surface area (Å²) in [6, 6.07) is 34.0. The zero-order valence-electron chi connectivity index (χ0n) is 20.5. The summed E-state index contributed by atoms with van der Waals surface area (Å²) in [4.78, 5) is 0. The van der Waals surface area contributed by atoms with Crippen LogP contribution in [0.4, 0.5) is 4.39 Å². The highest BCUT2D eigenvalue weighted by molar-refractivity contribution is 7.80. The fraction of sp³-hybridized carbons (Fsp3) is 0.200. The fourth-order valence-corrected chi connectivity index (χ4v) is 6.90. The predicted molar refractivity (Wildman–Crippen MR) is 146 cm³/mol. The highest BCUT2D eigenvalue weighted by atomic mass is 31.1. The van der Waals surface area contributed by atoms with Gasteiger partial charge in [-0.25, -0.2) is 4.39 Å². The van der Waals surface area contributed by atoms with E-state index in [9.17, 15) is 4.39 Å². The molecule has 0 saturated carbocycles. The summed E-state index contributed by atoms with van der Waals surface area (Å²) in [5.41, 5.74) is 2.06. The maximum atomic E-state index is 14.8. The number of rotatable bonds is 5. The van der Waals surface area contributed by atoms with E-state index in [1.807, 2.05) is 54.6 Å². The largest absolute Gasteiger partial charge is 0.495 e. The van der Waals surface area contributed by atoms with Crippen molar-refractivity contribution in [3.63, 3.8) is 0 Å². The second-order valence-electron chi connectivity index (χ2n) is 9.84. The molecule has 0 aliphatic carbocycles. The normalized spacial score (nSPS) is 16.6. The van der Waals surface area contributed by atoms with E-state index in [0.717, 1.165) is 21.9 Å². The summed E-state index contributed by atoms with van der Waals surface area (Å²) in [5, 5.41) is 3.32. The third-order valence-corrected chi connectivity index (χ3v) is 9.47. The Labute approximate surface area is 209 Å². The highest BCUT2D eigenvalue weighted by Gasteiger charge is 2.52. The lowest BCUT2D eigenvalue weighted by molar-refractivity contribution is 0.00578. The zero-order chi connectivity index (χ0) is 24.6. The lowest BCUT2D eigenvalue weighted by Crippen LogP contribution is -2.41. The van der Waals surface area contributed by atoms with Gasteiger partial charge < -0.3 is 9.31 Å². The van der Waals surface area contributed by atoms with Crippen LogP contribution in [0.2, 0.25) is 0 Å². The number of halogens is 1. The van der Waals surface area contributed by atoms with Crippen LogP contribution in [-0.4, -0.2) is 18.3 Å². The molecule has 4 aromatic rings. The van der Waals surface area contributed by atoms with Crippen LogP contribution in [0.5, 0.6) is 0 Å². The minimum Gasteiger partial charge on any atom is -0.399 e. The van der Waals surface area contributed by atoms with Crippen LogP contribution in [0.25, 0.3) is 11.1 Å². The monoisotopic (exact) mass is 482 g/mol. The second-order valence-corrected chi connectivity index (χ2v) is 12.0. The van der Waals surface area contributed by atoms with Crippen LogP contribution >= 0.6 is 7.92 Å². The molecule has 2 nitrogen and oxygen atoms in total. The molecule has 0 unspecified atom stereocenters. The summed E-state index contributed by atoms with van der Waals surface area (Å²) in [7, 11) is -1.50. The van der Waals surface area contributed by atoms with E-state index in [4.69, 9.17) is 9.31 Å². The molecule has 0 spiro atoms. The van der Waals surface area contributed by atoms with Crippen molar-refractivity contribution in [2.24, 2.45) is 0 Å². The average Bonchev–Trinajstić information content (AvgIpc) is 3.07. The van der Waals surface area contributed by atoms with Gasteiger partial charge in [0.25, 0.3) is 0 Å². The summed E-state index contributed by atoms with van der Waals surface area (Å²) in [5.74, 6) is -0.240. The fourth-order valence-electron chi connectivity index (χ4n) is 4.42. The summed E-state index contributed by atoms with van der Waals surface area (Å²) >= 11 is 0. The van der Waals surface area contributed by atoms with Gasteiger partial charge in [-0.2, -0.15) is 0 Å². The Morgan fingerprint density at radius 3 is 1.71 bits per heavy atom. The van der Waals surface area contributed by atoms with Gasteiger partial charge >= 0.3 is 7.12 Å². The van der Waals surface area contributed by atoms with Gasteiger partial charge in [0.05, 0.1) is 11.2 Å². The Morgan fingerprint density at radius 1 is 0.629 bits per heavy atom. The van der Waals surface area contributed by atoms with Crippen molar-refractivity contribution in [1.29, 1.82) is 0 Å². The van der Waals surface area contributed by atoms with Crippen molar-refractivity contribution in [3.05, 3.63) is 109 Å². The highest BCUT2D eigenvalue weighted by Crippen LogP contribution is 2.39. The number of hydrogen-bond donors (Lipinski definition) is 0. The topological polar surface area (TPSA) is 18.5 Å². The Bertz CT molecular complexity index is 1270. The first-order valence-electron chi connectivity index (χ1n) is 11.9. The predicted octanol–water partition coefficient (Wildman–Crippen LogP) is 5.55. The minimum absolute atomic E-state index is 0.240. The van der Waals surface area contributed by atoms with Crippen molar-refractivity contribution in [1.82, 2.24) is 0 Å². The SMILES string of the molecule is CC1(C)OB(c2ccccc2-c2ccc(F)cc2P(c2ccccc2)c2ccccc2)OC1(C)C. The smallest absolute Gasteiger partial charge is 0.399 e. The molecule has 0 radical (unpaired) electrons. The Balaban J connectivity index is 1.70. The lowest BCUT2D eigenvalue weighted by atomic mass is 9.74. The number of benzene rings is 4. The molecule has 1 aliphatic heterocycles. The third-order valence-electron chi connectivity index (χ3n) is 6.99. The van der Waals surface area contributed by atoms with Gasteiger partial charge in [0.1, 0.15) is 5.82 Å². The van der Waals surface area contributed by atoms with Crippen molar-refractivity contribution >= 4 is 36.4 Å². The zero-order valence-corrected chi connectivity index (χ0v) is 21.4. The molecule has 35 heavy (non-hydrogen) atoms. The maximum Gasteiger partial charge on any atom is 0.495 e. The molecule has 1 aliphatic rings. The maximum absolute atomic E-state index is 14.8. The van der Waals surface area contributed by atoms with Crippen molar-refractivity contribution in [3.8, 4) is 11.1 Å². The Kier molecular flexibility index (Phi) is 6.40. The molecule has 0 amide bonds. The van der Waals surface area contributed by atoms with Gasteiger partial charge in [0, 0.05) is 0 Å². The standard InChI is InChI=1S/C30H29BFO2P/c1-29(2)30(3,4)34-31(33-29)27-18-12-11-17-25(27)26-20-19-22(32)21-28(26)35(23-13-7-5-8-14-23)24-15-9-6-10-16-24/h5-21H,1-4H3. The van der Waals surface area contributed by atoms with E-state index in [1.54, 1.807) is 12.1 Å². The molecule has 176 valence electrons. The average molecular weight is 482 g/mol. The third kappa shape index (κ3) is 4.59. The molecule has 0 aromatic heterocycles. The molecule has 4 aromatic carbocycles. The first kappa shape index (κ1) is 23.9. The van der Waals surface area contributed by atoms with Crippen molar-refractivity contribution in [2.45, 2.75) is 38.9 Å². The van der Waals surface area contributed by atoms with E-state index in [-0.39, 0.29) is 5.82 Å². The molecular formula is C30H29BFO2P. The minimum atomic E-state index is -0.991. The lowest BCUT2D eigenvalue weighted by Gasteiger charge is -2.32. The molecule has 1 heterocycles. The molecule has 5 heteroatoms. The van der Waals surface area contributed by atoms with Crippen LogP contribution in [0, 0.1) is 5.82 Å². The molecule has 0 atom stereocenters. The molecular weight excluding hydrogens is 453 g/mol. The van der Waals surface area contributed by atoms with Crippen molar-refractivity contribution in [2.75, 3.05) is 0 Å². The van der Waals surface area contributed by atoms with Gasteiger partial charge in [-0.15, -0.1) is 0 Å². The summed E-state index contributed by atoms with van der Waals surface area (Å²) in [6.07, 6.45) is 0. The Hall–Kier alpha value is -2.78. The molecule has 5 rings (SSSR count). The first-order valence-corrected chi connectivity index (χ1v) is 13.3. The quantitative estimate of drug-likeness (QED) is 0.274. The van der Waals surface area contributed by atoms with Gasteiger partial charge in [0.15, 0.2) is 0 Å². The van der Waals surface area contributed by atoms with Crippen LogP contribution in [0.1, 0.15) is 27.7 Å². The van der Waals surface area contributed by atoms with Gasteiger partial charge in [-0.1, -0.05) is 91.0 Å². The Morgan fingerprint density at radius 2 is 1.14 bits per heavy atom. The molecule has 1 saturated heterocycles. The van der Waals surface area contributed by atoms with Gasteiger partial charge in [0.2, 0.25) is 0 Å². The van der Waals surface area contributed by atoms with E-state index in [0.29, 0.717) is 0 Å². The van der Waals surface area contributed by atoms with Crippen LogP contribution in [0.15, 0.2) is 103 Å². The van der Waals surface area contributed by atoms with Crippen LogP contribution in [0.3, 0.4) is 0 Å². The van der Waals surface area contributed by atoms with E-state index < -0.39 is 26.2 Å². The van der Waals surface area contributed by atoms with E-state index >= 15 is 0 Å². The summed E-state index contributed by atoms with van der Waals surface area (Å²) < 4.78 is 27.6. The van der Waals surface area contributed by atoms with Crippen LogP contribution < -0.4 is 21.4 Å². The second kappa shape index (κ2) is 9.35.